The lowest BCUT2D eigenvalue weighted by molar-refractivity contribution is 0.00382. The van der Waals surface area contributed by atoms with Crippen molar-refractivity contribution in [2.75, 3.05) is 7.11 Å². The second-order valence-electron chi connectivity index (χ2n) is 5.02. The smallest absolute Gasteiger partial charge is 0.374 e. The number of carbonyl (C=O) groups excluding carboxylic acids is 1. The average Bonchev–Trinajstić information content (AvgIpc) is 2.69. The van der Waals surface area contributed by atoms with Gasteiger partial charge < -0.3 is 13.9 Å². The minimum atomic E-state index is -0.534. The molecule has 0 saturated carbocycles. The van der Waals surface area contributed by atoms with Crippen LogP contribution in [0, 0.1) is 0 Å². The van der Waals surface area contributed by atoms with Crippen molar-refractivity contribution in [1.29, 1.82) is 0 Å². The number of esters is 1. The van der Waals surface area contributed by atoms with E-state index < -0.39 is 11.6 Å². The van der Waals surface area contributed by atoms with Crippen LogP contribution in [0.3, 0.4) is 0 Å². The summed E-state index contributed by atoms with van der Waals surface area (Å²) in [7, 11) is 1.59. The lowest BCUT2D eigenvalue weighted by atomic mass is 10.2. The predicted octanol–water partition coefficient (Wildman–Crippen LogP) is 3.40. The van der Waals surface area contributed by atoms with Gasteiger partial charge in [0.25, 0.3) is 0 Å². The zero-order chi connectivity index (χ0) is 13.3. The van der Waals surface area contributed by atoms with Gasteiger partial charge in [0.15, 0.2) is 0 Å². The van der Waals surface area contributed by atoms with E-state index in [1.165, 1.54) is 0 Å². The number of carbonyl (C=O) groups is 1. The molecule has 2 aromatic rings. The van der Waals surface area contributed by atoms with Crippen molar-refractivity contribution >= 4 is 16.9 Å². The van der Waals surface area contributed by atoms with Gasteiger partial charge in [-0.15, -0.1) is 0 Å². The summed E-state index contributed by atoms with van der Waals surface area (Å²) >= 11 is 0. The number of fused-ring (bicyclic) bond motifs is 1. The van der Waals surface area contributed by atoms with Gasteiger partial charge >= 0.3 is 5.97 Å². The summed E-state index contributed by atoms with van der Waals surface area (Å²) < 4.78 is 15.8. The molecule has 0 fully saturated rings. The van der Waals surface area contributed by atoms with Gasteiger partial charge in [-0.05, 0) is 45.0 Å². The molecule has 0 radical (unpaired) electrons. The van der Waals surface area contributed by atoms with E-state index in [2.05, 4.69) is 0 Å². The van der Waals surface area contributed by atoms with Crippen LogP contribution in [0.2, 0.25) is 0 Å². The number of benzene rings is 1. The van der Waals surface area contributed by atoms with E-state index in [-0.39, 0.29) is 5.76 Å². The number of hydrogen-bond donors (Lipinski definition) is 0. The molecule has 4 heteroatoms. The summed E-state index contributed by atoms with van der Waals surface area (Å²) in [4.78, 5) is 11.8. The topological polar surface area (TPSA) is 48.7 Å². The molecule has 0 spiro atoms. The van der Waals surface area contributed by atoms with Crippen molar-refractivity contribution in [3.63, 3.8) is 0 Å². The van der Waals surface area contributed by atoms with Crippen molar-refractivity contribution in [2.24, 2.45) is 0 Å². The Morgan fingerprint density at radius 2 is 1.94 bits per heavy atom. The van der Waals surface area contributed by atoms with Gasteiger partial charge in [0.1, 0.15) is 16.9 Å². The fourth-order valence-electron chi connectivity index (χ4n) is 1.58. The van der Waals surface area contributed by atoms with Crippen molar-refractivity contribution in [3.05, 3.63) is 30.0 Å². The fraction of sp³-hybridized carbons (Fsp3) is 0.357. The maximum absolute atomic E-state index is 11.8. The van der Waals surface area contributed by atoms with Crippen LogP contribution in [-0.2, 0) is 4.74 Å². The highest BCUT2D eigenvalue weighted by molar-refractivity contribution is 5.93. The molecular weight excluding hydrogens is 232 g/mol. The zero-order valence-corrected chi connectivity index (χ0v) is 10.9. The molecule has 0 aliphatic carbocycles. The number of methoxy groups -OCH3 is 1. The predicted molar refractivity (Wildman–Crippen MR) is 67.9 cm³/mol. The highest BCUT2D eigenvalue weighted by Gasteiger charge is 2.21. The molecule has 1 aromatic carbocycles. The standard InChI is InChI=1S/C14H16O4/c1-14(2,3)18-13(15)12-8-9-7-10(16-4)5-6-11(9)17-12/h5-8H,1-4H3. The monoisotopic (exact) mass is 248 g/mol. The van der Waals surface area contributed by atoms with Crippen molar-refractivity contribution in [1.82, 2.24) is 0 Å². The molecular formula is C14H16O4. The number of hydrogen-bond acceptors (Lipinski definition) is 4. The Morgan fingerprint density at radius 1 is 1.22 bits per heavy atom. The molecule has 0 saturated heterocycles. The van der Waals surface area contributed by atoms with E-state index >= 15 is 0 Å². The van der Waals surface area contributed by atoms with Crippen molar-refractivity contribution in [3.8, 4) is 5.75 Å². The lowest BCUT2D eigenvalue weighted by Crippen LogP contribution is -2.23. The lowest BCUT2D eigenvalue weighted by Gasteiger charge is -2.18. The summed E-state index contributed by atoms with van der Waals surface area (Å²) in [5.74, 6) is 0.463. The first kappa shape index (κ1) is 12.5. The van der Waals surface area contributed by atoms with Crippen LogP contribution < -0.4 is 4.74 Å². The Bertz CT molecular complexity index is 575. The largest absolute Gasteiger partial charge is 0.497 e. The highest BCUT2D eigenvalue weighted by Crippen LogP contribution is 2.25. The summed E-state index contributed by atoms with van der Waals surface area (Å²) in [6.07, 6.45) is 0. The molecule has 0 amide bonds. The van der Waals surface area contributed by atoms with E-state index in [0.29, 0.717) is 5.58 Å². The summed E-state index contributed by atoms with van der Waals surface area (Å²) in [6, 6.07) is 7.02. The molecule has 1 heterocycles. The number of rotatable bonds is 2. The Kier molecular flexibility index (Phi) is 3.03. The van der Waals surface area contributed by atoms with Crippen LogP contribution in [0.15, 0.2) is 28.7 Å². The summed E-state index contributed by atoms with van der Waals surface area (Å²) in [5, 5.41) is 0.815. The first-order valence-corrected chi connectivity index (χ1v) is 5.70. The SMILES string of the molecule is COc1ccc2oc(C(=O)OC(C)(C)C)cc2c1. The minimum Gasteiger partial charge on any atom is -0.497 e. The first-order valence-electron chi connectivity index (χ1n) is 5.70. The van der Waals surface area contributed by atoms with Gasteiger partial charge in [-0.25, -0.2) is 4.79 Å². The van der Waals surface area contributed by atoms with Crippen LogP contribution in [0.1, 0.15) is 31.3 Å². The molecule has 96 valence electrons. The molecule has 0 atom stereocenters. The van der Waals surface area contributed by atoms with Crippen molar-refractivity contribution in [2.45, 2.75) is 26.4 Å². The summed E-state index contributed by atoms with van der Waals surface area (Å²) in [6.45, 7) is 5.45. The van der Waals surface area contributed by atoms with E-state index in [0.717, 1.165) is 11.1 Å². The van der Waals surface area contributed by atoms with Crippen molar-refractivity contribution < 1.29 is 18.7 Å². The third-order valence-electron chi connectivity index (χ3n) is 2.32. The molecule has 0 N–H and O–H groups in total. The average molecular weight is 248 g/mol. The third kappa shape index (κ3) is 2.64. The van der Waals surface area contributed by atoms with Crippen LogP contribution in [-0.4, -0.2) is 18.7 Å². The minimum absolute atomic E-state index is 0.202. The van der Waals surface area contributed by atoms with Crippen LogP contribution in [0.5, 0.6) is 5.75 Å². The highest BCUT2D eigenvalue weighted by atomic mass is 16.6. The van der Waals surface area contributed by atoms with Gasteiger partial charge in [-0.3, -0.25) is 0 Å². The van der Waals surface area contributed by atoms with Crippen LogP contribution in [0.4, 0.5) is 0 Å². The quantitative estimate of drug-likeness (QED) is 0.764. The zero-order valence-electron chi connectivity index (χ0n) is 10.9. The Labute approximate surface area is 105 Å². The second kappa shape index (κ2) is 4.37. The van der Waals surface area contributed by atoms with Gasteiger partial charge in [0.2, 0.25) is 5.76 Å². The molecule has 4 nitrogen and oxygen atoms in total. The van der Waals surface area contributed by atoms with Gasteiger partial charge in [0.05, 0.1) is 7.11 Å². The molecule has 0 aliphatic rings. The Balaban J connectivity index is 2.32. The van der Waals surface area contributed by atoms with E-state index in [1.54, 1.807) is 25.3 Å². The molecule has 1 aromatic heterocycles. The molecule has 18 heavy (non-hydrogen) atoms. The number of furan rings is 1. The Hall–Kier alpha value is -1.97. The van der Waals surface area contributed by atoms with E-state index in [4.69, 9.17) is 13.9 Å². The Morgan fingerprint density at radius 3 is 2.56 bits per heavy atom. The second-order valence-corrected chi connectivity index (χ2v) is 5.02. The third-order valence-corrected chi connectivity index (χ3v) is 2.32. The molecule has 0 bridgehead atoms. The van der Waals surface area contributed by atoms with E-state index in [9.17, 15) is 4.79 Å². The molecule has 0 aliphatic heterocycles. The fourth-order valence-corrected chi connectivity index (χ4v) is 1.58. The number of ether oxygens (including phenoxy) is 2. The maximum Gasteiger partial charge on any atom is 0.374 e. The van der Waals surface area contributed by atoms with Crippen LogP contribution in [0.25, 0.3) is 11.0 Å². The summed E-state index contributed by atoms with van der Waals surface area (Å²) in [5.41, 5.74) is 0.102. The van der Waals surface area contributed by atoms with E-state index in [1.807, 2.05) is 26.8 Å². The molecule has 0 unspecified atom stereocenters. The molecule has 2 rings (SSSR count). The first-order chi connectivity index (χ1) is 8.39. The van der Waals surface area contributed by atoms with Gasteiger partial charge in [-0.1, -0.05) is 0 Å². The van der Waals surface area contributed by atoms with Crippen LogP contribution >= 0.6 is 0 Å². The maximum atomic E-state index is 11.8. The van der Waals surface area contributed by atoms with Gasteiger partial charge in [0, 0.05) is 5.39 Å². The normalized spacial score (nSPS) is 11.6. The van der Waals surface area contributed by atoms with Gasteiger partial charge in [-0.2, -0.15) is 0 Å².